The minimum absolute atomic E-state index is 0.0638. The van der Waals surface area contributed by atoms with Crippen molar-refractivity contribution in [3.8, 4) is 0 Å². The molecule has 1 N–H and O–H groups in total. The first-order valence-electron chi connectivity index (χ1n) is 12.5. The van der Waals surface area contributed by atoms with Crippen LogP contribution < -0.4 is 5.32 Å². The molecule has 0 fully saturated rings. The molecule has 5 heteroatoms. The maximum absolute atomic E-state index is 13.5. The lowest BCUT2D eigenvalue weighted by Gasteiger charge is -2.33. The number of aliphatic imine (C=N–C) groups is 1. The highest BCUT2D eigenvalue weighted by Crippen LogP contribution is 2.45. The molecule has 2 aromatic carbocycles. The Morgan fingerprint density at radius 3 is 2.63 bits per heavy atom. The number of fused-ring (bicyclic) bond motifs is 2. The highest BCUT2D eigenvalue weighted by atomic mass is 32.1. The number of amides is 1. The van der Waals surface area contributed by atoms with Crippen molar-refractivity contribution in [1.29, 1.82) is 0 Å². The highest BCUT2D eigenvalue weighted by molar-refractivity contribution is 7.16. The molecular weight excluding hydrogens is 450 g/mol. The summed E-state index contributed by atoms with van der Waals surface area (Å²) >= 11 is 1.69. The van der Waals surface area contributed by atoms with Crippen LogP contribution in [0.1, 0.15) is 60.5 Å². The number of thiophene rings is 1. The lowest BCUT2D eigenvalue weighted by atomic mass is 9.72. The third-order valence-corrected chi connectivity index (χ3v) is 8.37. The van der Waals surface area contributed by atoms with Crippen LogP contribution in [-0.4, -0.2) is 16.7 Å². The summed E-state index contributed by atoms with van der Waals surface area (Å²) in [7, 11) is 0. The molecule has 0 saturated carbocycles. The number of carbonyl (C=O) groups is 1. The van der Waals surface area contributed by atoms with E-state index >= 15 is 0 Å². The Kier molecular flexibility index (Phi) is 6.37. The molecule has 1 aliphatic carbocycles. The zero-order valence-electron chi connectivity index (χ0n) is 21.0. The van der Waals surface area contributed by atoms with E-state index in [1.165, 1.54) is 21.3 Å². The largest absolute Gasteiger partial charge is 0.347 e. The molecule has 2 heterocycles. The van der Waals surface area contributed by atoms with Crippen molar-refractivity contribution in [3.05, 3.63) is 82.4 Å². The predicted molar refractivity (Wildman–Crippen MR) is 149 cm³/mol. The minimum Gasteiger partial charge on any atom is -0.347 e. The fraction of sp³-hybridized carbons (Fsp3) is 0.333. The van der Waals surface area contributed by atoms with Gasteiger partial charge in [-0.3, -0.25) is 4.79 Å². The Labute approximate surface area is 211 Å². The normalized spacial score (nSPS) is 16.1. The van der Waals surface area contributed by atoms with Crippen LogP contribution in [0.3, 0.4) is 0 Å². The van der Waals surface area contributed by atoms with Gasteiger partial charge < -0.3 is 9.88 Å². The summed E-state index contributed by atoms with van der Waals surface area (Å²) in [4.78, 5) is 19.8. The van der Waals surface area contributed by atoms with Gasteiger partial charge in [0.25, 0.3) is 5.91 Å². The van der Waals surface area contributed by atoms with Gasteiger partial charge in [-0.15, -0.1) is 11.3 Å². The van der Waals surface area contributed by atoms with Crippen molar-refractivity contribution in [2.24, 2.45) is 16.3 Å². The van der Waals surface area contributed by atoms with E-state index in [-0.39, 0.29) is 11.3 Å². The van der Waals surface area contributed by atoms with E-state index in [0.717, 1.165) is 47.6 Å². The molecule has 2 aromatic heterocycles. The van der Waals surface area contributed by atoms with Gasteiger partial charge in [0.1, 0.15) is 5.00 Å². The number of anilines is 1. The smallest absolute Gasteiger partial charge is 0.259 e. The molecule has 1 aliphatic rings. The van der Waals surface area contributed by atoms with Gasteiger partial charge in [-0.25, -0.2) is 4.99 Å². The zero-order valence-corrected chi connectivity index (χ0v) is 21.8. The first kappa shape index (κ1) is 23.6. The average Bonchev–Trinajstić information content (AvgIpc) is 3.40. The number of nitrogens with zero attached hydrogens (tertiary/aromatic N) is 2. The van der Waals surface area contributed by atoms with E-state index in [0.29, 0.717) is 5.92 Å². The number of benzene rings is 2. The van der Waals surface area contributed by atoms with Crippen LogP contribution in [-0.2, 0) is 19.4 Å². The van der Waals surface area contributed by atoms with E-state index in [1.54, 1.807) is 11.3 Å². The van der Waals surface area contributed by atoms with Gasteiger partial charge in [0.2, 0.25) is 0 Å². The van der Waals surface area contributed by atoms with Gasteiger partial charge in [-0.1, -0.05) is 57.2 Å². The van der Waals surface area contributed by atoms with E-state index < -0.39 is 0 Å². The summed E-state index contributed by atoms with van der Waals surface area (Å²) in [5.74, 6) is 0.545. The maximum Gasteiger partial charge on any atom is 0.259 e. The highest BCUT2D eigenvalue weighted by Gasteiger charge is 2.33. The first-order chi connectivity index (χ1) is 16.8. The Hall–Kier alpha value is -3.18. The van der Waals surface area contributed by atoms with Gasteiger partial charge in [-0.05, 0) is 61.3 Å². The van der Waals surface area contributed by atoms with Crippen LogP contribution in [0.5, 0.6) is 0 Å². The second kappa shape index (κ2) is 9.46. The molecule has 35 heavy (non-hydrogen) atoms. The van der Waals surface area contributed by atoms with Gasteiger partial charge in [0, 0.05) is 46.0 Å². The van der Waals surface area contributed by atoms with Crippen molar-refractivity contribution in [1.82, 2.24) is 4.57 Å². The molecule has 1 amide bonds. The lowest BCUT2D eigenvalue weighted by Crippen LogP contribution is -2.27. The summed E-state index contributed by atoms with van der Waals surface area (Å²) in [5, 5.41) is 5.10. The number of aryl methyl sites for hydroxylation is 1. The maximum atomic E-state index is 13.5. The molecule has 0 radical (unpaired) electrons. The average molecular weight is 484 g/mol. The Balaban J connectivity index is 1.55. The second-order valence-corrected chi connectivity index (χ2v) is 11.5. The second-order valence-electron chi connectivity index (χ2n) is 10.5. The van der Waals surface area contributed by atoms with Crippen molar-refractivity contribution in [2.45, 2.75) is 53.5 Å². The number of aromatic nitrogens is 1. The van der Waals surface area contributed by atoms with Crippen molar-refractivity contribution in [3.63, 3.8) is 0 Å². The monoisotopic (exact) mass is 483 g/mol. The van der Waals surface area contributed by atoms with Gasteiger partial charge >= 0.3 is 0 Å². The van der Waals surface area contributed by atoms with Crippen LogP contribution >= 0.6 is 11.3 Å². The minimum atomic E-state index is -0.0638. The number of carbonyl (C=O) groups excluding carboxylic acids is 1. The van der Waals surface area contributed by atoms with E-state index in [4.69, 9.17) is 4.99 Å². The van der Waals surface area contributed by atoms with Gasteiger partial charge in [-0.2, -0.15) is 0 Å². The molecule has 0 bridgehead atoms. The molecule has 0 spiro atoms. The third kappa shape index (κ3) is 4.70. The fourth-order valence-electron chi connectivity index (χ4n) is 5.12. The summed E-state index contributed by atoms with van der Waals surface area (Å²) in [6.45, 7) is 10.0. The van der Waals surface area contributed by atoms with Crippen LogP contribution in [0.2, 0.25) is 0 Å². The fourth-order valence-corrected chi connectivity index (χ4v) is 6.39. The molecule has 4 nitrogen and oxygen atoms in total. The molecular formula is C30H33N3OS. The molecule has 180 valence electrons. The SMILES string of the molecule is CCn1cc(C=Nc2sc3c(c2C(=O)Nc2ccccc2)CC[C@H](C(C)(C)C)C3)c2ccccc21. The molecule has 1 atom stereocenters. The number of hydrogen-bond acceptors (Lipinski definition) is 3. The topological polar surface area (TPSA) is 46.4 Å². The van der Waals surface area contributed by atoms with E-state index in [2.05, 4.69) is 68.0 Å². The Morgan fingerprint density at radius 1 is 1.14 bits per heavy atom. The van der Waals surface area contributed by atoms with Gasteiger partial charge in [0.05, 0.1) is 5.56 Å². The third-order valence-electron chi connectivity index (χ3n) is 7.21. The van der Waals surface area contributed by atoms with E-state index in [9.17, 15) is 4.79 Å². The van der Waals surface area contributed by atoms with E-state index in [1.807, 2.05) is 36.5 Å². The Bertz CT molecular complexity index is 1390. The molecule has 4 aromatic rings. The number of nitrogens with one attached hydrogen (secondary N) is 1. The summed E-state index contributed by atoms with van der Waals surface area (Å²) in [6.07, 6.45) is 7.13. The van der Waals surface area contributed by atoms with Crippen LogP contribution in [0.25, 0.3) is 10.9 Å². The number of hydrogen-bond donors (Lipinski definition) is 1. The van der Waals surface area contributed by atoms with Crippen molar-refractivity contribution >= 4 is 45.0 Å². The molecule has 0 saturated heterocycles. The summed E-state index contributed by atoms with van der Waals surface area (Å²) in [6, 6.07) is 18.1. The van der Waals surface area contributed by atoms with Gasteiger partial charge in [0.15, 0.2) is 0 Å². The molecule has 0 aliphatic heterocycles. The summed E-state index contributed by atoms with van der Waals surface area (Å²) in [5.41, 5.74) is 5.28. The number of para-hydroxylation sites is 2. The molecule has 5 rings (SSSR count). The Morgan fingerprint density at radius 2 is 1.89 bits per heavy atom. The first-order valence-corrected chi connectivity index (χ1v) is 13.3. The summed E-state index contributed by atoms with van der Waals surface area (Å²) < 4.78 is 2.24. The standard InChI is InChI=1S/C30H33N3OS/c1-5-33-19-20(23-13-9-10-14-25(23)33)18-31-29-27(28(34)32-22-11-7-6-8-12-22)24-16-15-21(30(2,3)4)17-26(24)35-29/h6-14,18-19,21H,5,15-17H2,1-4H3,(H,32,34)/t21-/m0/s1. The predicted octanol–water partition coefficient (Wildman–Crippen LogP) is 7.88. The van der Waals surface area contributed by atoms with Crippen LogP contribution in [0.15, 0.2) is 65.8 Å². The van der Waals surface area contributed by atoms with Crippen LogP contribution in [0.4, 0.5) is 10.7 Å². The zero-order chi connectivity index (χ0) is 24.6. The molecule has 0 unspecified atom stereocenters. The quantitative estimate of drug-likeness (QED) is 0.288. The van der Waals surface area contributed by atoms with Crippen molar-refractivity contribution in [2.75, 3.05) is 5.32 Å². The van der Waals surface area contributed by atoms with Crippen molar-refractivity contribution < 1.29 is 4.79 Å². The number of rotatable bonds is 5. The van der Waals surface area contributed by atoms with Crippen LogP contribution in [0, 0.1) is 11.3 Å². The lowest BCUT2D eigenvalue weighted by molar-refractivity contribution is 0.102.